The van der Waals surface area contributed by atoms with Crippen LogP contribution in [0.2, 0.25) is 0 Å². The first-order valence-corrected chi connectivity index (χ1v) is 6.96. The molecular formula is C14H24ClN3O2. The van der Waals surface area contributed by atoms with Crippen molar-refractivity contribution in [3.8, 4) is 0 Å². The fourth-order valence-corrected chi connectivity index (χ4v) is 2.76. The Hall–Kier alpha value is -1.07. The highest BCUT2D eigenvalue weighted by molar-refractivity contribution is 5.85. The summed E-state index contributed by atoms with van der Waals surface area (Å²) in [6.45, 7) is 6.47. The van der Waals surface area contributed by atoms with Crippen LogP contribution in [0.1, 0.15) is 29.9 Å². The van der Waals surface area contributed by atoms with Crippen molar-refractivity contribution >= 4 is 18.3 Å². The van der Waals surface area contributed by atoms with Crippen LogP contribution in [0.25, 0.3) is 0 Å². The number of aryl methyl sites for hydroxylation is 2. The first-order chi connectivity index (χ1) is 9.11. The minimum absolute atomic E-state index is 0. The number of amides is 1. The normalized spacial score (nSPS) is 18.8. The molecule has 0 radical (unpaired) electrons. The zero-order valence-corrected chi connectivity index (χ0v) is 13.3. The predicted octanol–water partition coefficient (Wildman–Crippen LogP) is 1.71. The van der Waals surface area contributed by atoms with Crippen molar-refractivity contribution in [2.45, 2.75) is 33.1 Å². The first-order valence-electron chi connectivity index (χ1n) is 6.96. The van der Waals surface area contributed by atoms with E-state index in [9.17, 15) is 4.79 Å². The molecule has 2 rings (SSSR count). The van der Waals surface area contributed by atoms with Gasteiger partial charge in [-0.2, -0.15) is 0 Å². The second-order valence-electron chi connectivity index (χ2n) is 5.39. The molecule has 5 nitrogen and oxygen atoms in total. The Morgan fingerprint density at radius 3 is 2.85 bits per heavy atom. The molecule has 0 aromatic carbocycles. The highest BCUT2D eigenvalue weighted by Gasteiger charge is 2.24. The van der Waals surface area contributed by atoms with E-state index < -0.39 is 0 Å². The highest BCUT2D eigenvalue weighted by Crippen LogP contribution is 2.19. The van der Waals surface area contributed by atoms with Gasteiger partial charge in [-0.1, -0.05) is 5.16 Å². The van der Waals surface area contributed by atoms with Gasteiger partial charge in [0.25, 0.3) is 0 Å². The first kappa shape index (κ1) is 17.0. The van der Waals surface area contributed by atoms with E-state index in [0.717, 1.165) is 43.1 Å². The third-order valence-corrected chi connectivity index (χ3v) is 3.87. The maximum Gasteiger partial charge on any atom is 0.227 e. The fraction of sp³-hybridized carbons (Fsp3) is 0.714. The molecule has 1 aliphatic rings. The largest absolute Gasteiger partial charge is 0.361 e. The van der Waals surface area contributed by atoms with Crippen LogP contribution in [0, 0.1) is 19.8 Å². The molecule has 0 spiro atoms. The quantitative estimate of drug-likeness (QED) is 0.920. The van der Waals surface area contributed by atoms with Crippen LogP contribution >= 0.6 is 12.4 Å². The zero-order chi connectivity index (χ0) is 13.8. The van der Waals surface area contributed by atoms with E-state index in [4.69, 9.17) is 4.52 Å². The molecule has 1 unspecified atom stereocenters. The van der Waals surface area contributed by atoms with Crippen LogP contribution in [0.5, 0.6) is 0 Å². The summed E-state index contributed by atoms with van der Waals surface area (Å²) in [4.78, 5) is 14.3. The molecule has 1 aromatic rings. The average Bonchev–Trinajstić information content (AvgIpc) is 2.71. The summed E-state index contributed by atoms with van der Waals surface area (Å²) in [5.74, 6) is 1.53. The number of piperidine rings is 1. The number of carbonyl (C=O) groups is 1. The lowest BCUT2D eigenvalue weighted by molar-refractivity contribution is -0.132. The molecule has 0 saturated carbocycles. The minimum Gasteiger partial charge on any atom is -0.361 e. The van der Waals surface area contributed by atoms with E-state index in [2.05, 4.69) is 10.5 Å². The van der Waals surface area contributed by atoms with Gasteiger partial charge >= 0.3 is 0 Å². The van der Waals surface area contributed by atoms with Gasteiger partial charge in [0.2, 0.25) is 5.91 Å². The van der Waals surface area contributed by atoms with E-state index in [1.165, 1.54) is 6.42 Å². The van der Waals surface area contributed by atoms with E-state index in [1.54, 1.807) is 0 Å². The number of nitrogens with one attached hydrogen (secondary N) is 1. The van der Waals surface area contributed by atoms with Gasteiger partial charge in [-0.15, -0.1) is 12.4 Å². The van der Waals surface area contributed by atoms with Crippen molar-refractivity contribution in [1.29, 1.82) is 0 Å². The second-order valence-corrected chi connectivity index (χ2v) is 5.39. The summed E-state index contributed by atoms with van der Waals surface area (Å²) in [7, 11) is 1.96. The molecule has 1 saturated heterocycles. The van der Waals surface area contributed by atoms with Crippen molar-refractivity contribution in [3.63, 3.8) is 0 Å². The number of carbonyl (C=O) groups excluding carboxylic acids is 1. The molecule has 114 valence electrons. The predicted molar refractivity (Wildman–Crippen MR) is 80.2 cm³/mol. The maximum absolute atomic E-state index is 12.4. The number of rotatable bonds is 4. The molecule has 6 heteroatoms. The Bertz CT molecular complexity index is 426. The molecule has 1 atom stereocenters. The van der Waals surface area contributed by atoms with Crippen LogP contribution in [-0.4, -0.2) is 42.6 Å². The number of aromatic nitrogens is 1. The van der Waals surface area contributed by atoms with Gasteiger partial charge in [0, 0.05) is 18.7 Å². The summed E-state index contributed by atoms with van der Waals surface area (Å²) in [6, 6.07) is 0. The molecule has 1 fully saturated rings. The Kier molecular flexibility index (Phi) is 6.49. The summed E-state index contributed by atoms with van der Waals surface area (Å²) in [5.41, 5.74) is 1.77. The van der Waals surface area contributed by atoms with Gasteiger partial charge < -0.3 is 14.7 Å². The van der Waals surface area contributed by atoms with Gasteiger partial charge in [-0.3, -0.25) is 4.79 Å². The van der Waals surface area contributed by atoms with E-state index in [0.29, 0.717) is 12.3 Å². The fourth-order valence-electron chi connectivity index (χ4n) is 2.76. The minimum atomic E-state index is 0. The van der Waals surface area contributed by atoms with Crippen LogP contribution < -0.4 is 5.32 Å². The molecular weight excluding hydrogens is 278 g/mol. The zero-order valence-electron chi connectivity index (χ0n) is 12.4. The summed E-state index contributed by atoms with van der Waals surface area (Å²) in [5, 5.41) is 7.10. The van der Waals surface area contributed by atoms with Crippen LogP contribution in [0.15, 0.2) is 4.52 Å². The lowest BCUT2D eigenvalue weighted by atomic mass is 9.97. The van der Waals surface area contributed by atoms with Crippen LogP contribution in [0.4, 0.5) is 0 Å². The summed E-state index contributed by atoms with van der Waals surface area (Å²) < 4.78 is 5.11. The number of hydrogen-bond acceptors (Lipinski definition) is 4. The standard InChI is InChI=1S/C14H23N3O2.ClH/c1-10-13(11(2)19-16-10)7-14(18)17-6-4-5-12(9-17)8-15-3;/h12,15H,4-9H2,1-3H3;1H. The molecule has 1 aromatic heterocycles. The number of likely N-dealkylation sites (tertiary alicyclic amines) is 1. The lowest BCUT2D eigenvalue weighted by Gasteiger charge is -2.32. The molecule has 0 bridgehead atoms. The molecule has 20 heavy (non-hydrogen) atoms. The monoisotopic (exact) mass is 301 g/mol. The van der Waals surface area contributed by atoms with Gasteiger partial charge in [0.15, 0.2) is 0 Å². The van der Waals surface area contributed by atoms with E-state index in [1.807, 2.05) is 25.8 Å². The smallest absolute Gasteiger partial charge is 0.227 e. The Labute approximate surface area is 126 Å². The van der Waals surface area contributed by atoms with Gasteiger partial charge in [0.1, 0.15) is 5.76 Å². The number of hydrogen-bond donors (Lipinski definition) is 1. The molecule has 2 heterocycles. The third-order valence-electron chi connectivity index (χ3n) is 3.87. The van der Waals surface area contributed by atoms with E-state index >= 15 is 0 Å². The van der Waals surface area contributed by atoms with Crippen molar-refractivity contribution in [2.75, 3.05) is 26.7 Å². The number of halogens is 1. The molecule has 0 aliphatic carbocycles. The molecule has 1 N–H and O–H groups in total. The Morgan fingerprint density at radius 1 is 1.50 bits per heavy atom. The van der Waals surface area contributed by atoms with Crippen LogP contribution in [0.3, 0.4) is 0 Å². The van der Waals surface area contributed by atoms with E-state index in [-0.39, 0.29) is 18.3 Å². The molecule has 1 amide bonds. The van der Waals surface area contributed by atoms with Crippen LogP contribution in [-0.2, 0) is 11.2 Å². The van der Waals surface area contributed by atoms with Crippen molar-refractivity contribution in [1.82, 2.24) is 15.4 Å². The Morgan fingerprint density at radius 2 is 2.25 bits per heavy atom. The highest BCUT2D eigenvalue weighted by atomic mass is 35.5. The number of nitrogens with zero attached hydrogens (tertiary/aromatic N) is 2. The third kappa shape index (κ3) is 3.96. The second kappa shape index (κ2) is 7.64. The molecule has 1 aliphatic heterocycles. The van der Waals surface area contributed by atoms with Gasteiger partial charge in [-0.05, 0) is 46.2 Å². The Balaban J connectivity index is 0.00000200. The van der Waals surface area contributed by atoms with Crippen molar-refractivity contribution in [3.05, 3.63) is 17.0 Å². The van der Waals surface area contributed by atoms with Crippen molar-refractivity contribution < 1.29 is 9.32 Å². The van der Waals surface area contributed by atoms with Gasteiger partial charge in [-0.25, -0.2) is 0 Å². The van der Waals surface area contributed by atoms with Gasteiger partial charge in [0.05, 0.1) is 12.1 Å². The summed E-state index contributed by atoms with van der Waals surface area (Å²) in [6.07, 6.45) is 2.71. The SMILES string of the molecule is CNCC1CCCN(C(=O)Cc2c(C)noc2C)C1.Cl. The topological polar surface area (TPSA) is 58.4 Å². The average molecular weight is 302 g/mol. The maximum atomic E-state index is 12.4. The summed E-state index contributed by atoms with van der Waals surface area (Å²) >= 11 is 0. The van der Waals surface area contributed by atoms with Crippen molar-refractivity contribution in [2.24, 2.45) is 5.92 Å². The lowest BCUT2D eigenvalue weighted by Crippen LogP contribution is -2.43.